The number of hydrazone groups is 1. The summed E-state index contributed by atoms with van der Waals surface area (Å²) >= 11 is 6.00. The van der Waals surface area contributed by atoms with E-state index in [1.807, 2.05) is 37.3 Å². The highest BCUT2D eigenvalue weighted by Crippen LogP contribution is 2.39. The van der Waals surface area contributed by atoms with Crippen LogP contribution in [0.15, 0.2) is 77.9 Å². The van der Waals surface area contributed by atoms with Crippen molar-refractivity contribution in [2.75, 3.05) is 11.9 Å². The molecule has 1 heterocycles. The molecule has 1 aliphatic rings. The molecule has 0 saturated heterocycles. The molecule has 0 radical (unpaired) electrons. The van der Waals surface area contributed by atoms with Gasteiger partial charge >= 0.3 is 18.2 Å². The lowest BCUT2D eigenvalue weighted by atomic mass is 9.76. The molecule has 4 rings (SSSR count). The van der Waals surface area contributed by atoms with Crippen molar-refractivity contribution in [1.29, 1.82) is 0 Å². The lowest BCUT2D eigenvalue weighted by Gasteiger charge is -2.27. The summed E-state index contributed by atoms with van der Waals surface area (Å²) < 4.78 is 45.1. The second kappa shape index (κ2) is 10.5. The summed E-state index contributed by atoms with van der Waals surface area (Å²) in [6.45, 7) is 5.45. The lowest BCUT2D eigenvalue weighted by Crippen LogP contribution is -2.38. The van der Waals surface area contributed by atoms with Crippen LogP contribution in [0.3, 0.4) is 0 Å². The van der Waals surface area contributed by atoms with E-state index in [1.165, 1.54) is 23.2 Å². The second-order valence-corrected chi connectivity index (χ2v) is 9.77. The maximum Gasteiger partial charge on any atom is 0.417 e. The van der Waals surface area contributed by atoms with Gasteiger partial charge in [-0.2, -0.15) is 18.3 Å². The monoisotopic (exact) mass is 543 g/mol. The fourth-order valence-electron chi connectivity index (χ4n) is 4.25. The minimum atomic E-state index is -4.60. The highest BCUT2D eigenvalue weighted by atomic mass is 35.5. The largest absolute Gasteiger partial charge is 0.459 e. The number of nitrogens with one attached hydrogen (secondary N) is 1. The van der Waals surface area contributed by atoms with E-state index in [1.54, 1.807) is 32.0 Å². The van der Waals surface area contributed by atoms with Crippen molar-refractivity contribution < 1.29 is 27.5 Å². The van der Waals surface area contributed by atoms with Crippen molar-refractivity contribution in [3.8, 4) is 0 Å². The number of carbonyl (C=O) groups is 2. The van der Waals surface area contributed by atoms with Crippen LogP contribution in [-0.4, -0.2) is 35.4 Å². The number of benzene rings is 3. The second-order valence-electron chi connectivity index (χ2n) is 9.36. The topological polar surface area (TPSA) is 71.0 Å². The number of amides is 2. The molecule has 6 nitrogen and oxygen atoms in total. The average molecular weight is 544 g/mol. The number of ether oxygens (including phenoxy) is 1. The summed E-state index contributed by atoms with van der Waals surface area (Å²) in [5.74, 6) is -0.520. The minimum absolute atomic E-state index is 0.117. The highest BCUT2D eigenvalue weighted by Gasteiger charge is 2.43. The van der Waals surface area contributed by atoms with Crippen LogP contribution in [0, 0.1) is 0 Å². The molecular weight excluding hydrogens is 519 g/mol. The van der Waals surface area contributed by atoms with E-state index in [4.69, 9.17) is 16.3 Å². The van der Waals surface area contributed by atoms with E-state index >= 15 is 0 Å². The van der Waals surface area contributed by atoms with Gasteiger partial charge in [-0.25, -0.2) is 14.6 Å². The number of rotatable bonds is 5. The fraction of sp³-hybridized carbons (Fsp3) is 0.250. The Bertz CT molecular complexity index is 1390. The van der Waals surface area contributed by atoms with Crippen molar-refractivity contribution in [1.82, 2.24) is 5.01 Å². The molecule has 0 saturated carbocycles. The molecule has 198 valence electrons. The predicted molar refractivity (Wildman–Crippen MR) is 140 cm³/mol. The standard InChI is InChI=1S/C28H25ClF3N3O3/c1-17(2)38-25(36)19-8-7-11-21(14-19)33-26(37)35-16-27(3,20-9-5-4-6-10-20)24(34-35)18-12-13-22(23(29)15-18)28(30,31)32/h4-15,17H,16H2,1-3H3,(H,33,37). The smallest absolute Gasteiger partial charge is 0.417 e. The van der Waals surface area contributed by atoms with Gasteiger partial charge in [0.05, 0.1) is 39.9 Å². The van der Waals surface area contributed by atoms with Crippen LogP contribution < -0.4 is 5.32 Å². The molecular formula is C28H25ClF3N3O3. The van der Waals surface area contributed by atoms with Crippen LogP contribution in [0.25, 0.3) is 0 Å². The fourth-order valence-corrected chi connectivity index (χ4v) is 4.54. The van der Waals surface area contributed by atoms with Gasteiger partial charge in [0.25, 0.3) is 0 Å². The highest BCUT2D eigenvalue weighted by molar-refractivity contribution is 6.32. The van der Waals surface area contributed by atoms with E-state index in [-0.39, 0.29) is 18.2 Å². The van der Waals surface area contributed by atoms with E-state index in [9.17, 15) is 22.8 Å². The van der Waals surface area contributed by atoms with Crippen molar-refractivity contribution in [3.05, 3.63) is 100 Å². The number of alkyl halides is 3. The van der Waals surface area contributed by atoms with Gasteiger partial charge < -0.3 is 10.1 Å². The SMILES string of the molecule is CC(C)OC(=O)c1cccc(NC(=O)N2CC(C)(c3ccccc3)C(c3ccc(C(F)(F)F)c(Cl)c3)=N2)c1. The molecule has 3 aromatic carbocycles. The number of anilines is 1. The Hall–Kier alpha value is -3.85. The van der Waals surface area contributed by atoms with E-state index in [0.717, 1.165) is 11.6 Å². The number of urea groups is 1. The summed E-state index contributed by atoms with van der Waals surface area (Å²) in [6, 6.07) is 18.4. The molecule has 1 N–H and O–H groups in total. The third-order valence-electron chi connectivity index (χ3n) is 6.09. The minimum Gasteiger partial charge on any atom is -0.459 e. The molecule has 0 bridgehead atoms. The first-order chi connectivity index (χ1) is 17.9. The van der Waals surface area contributed by atoms with Crippen LogP contribution >= 0.6 is 11.6 Å². The molecule has 0 aliphatic carbocycles. The van der Waals surface area contributed by atoms with Gasteiger partial charge in [0.1, 0.15) is 0 Å². The normalized spacial score (nSPS) is 17.4. The molecule has 1 atom stereocenters. The first kappa shape index (κ1) is 27.2. The number of hydrogen-bond acceptors (Lipinski definition) is 4. The molecule has 1 unspecified atom stereocenters. The molecule has 3 aromatic rings. The number of nitrogens with zero attached hydrogens (tertiary/aromatic N) is 2. The Morgan fingerprint density at radius 2 is 1.76 bits per heavy atom. The Morgan fingerprint density at radius 3 is 2.39 bits per heavy atom. The summed E-state index contributed by atoms with van der Waals surface area (Å²) in [6.07, 6.45) is -4.90. The van der Waals surface area contributed by atoms with Crippen LogP contribution in [0.4, 0.5) is 23.7 Å². The van der Waals surface area contributed by atoms with Gasteiger partial charge in [0, 0.05) is 11.3 Å². The van der Waals surface area contributed by atoms with Crippen LogP contribution in [-0.2, 0) is 16.3 Å². The third kappa shape index (κ3) is 5.67. The molecule has 0 fully saturated rings. The van der Waals surface area contributed by atoms with E-state index in [0.29, 0.717) is 17.0 Å². The van der Waals surface area contributed by atoms with Crippen molar-refractivity contribution >= 4 is 35.0 Å². The molecule has 10 heteroatoms. The zero-order valence-corrected chi connectivity index (χ0v) is 21.6. The Balaban J connectivity index is 1.66. The molecule has 0 aromatic heterocycles. The van der Waals surface area contributed by atoms with Crippen molar-refractivity contribution in [3.63, 3.8) is 0 Å². The number of esters is 1. The van der Waals surface area contributed by atoms with Gasteiger partial charge in [0.15, 0.2) is 0 Å². The zero-order valence-electron chi connectivity index (χ0n) is 20.8. The Labute approximate surface area is 223 Å². The van der Waals surface area contributed by atoms with Gasteiger partial charge in [-0.15, -0.1) is 0 Å². The van der Waals surface area contributed by atoms with Crippen molar-refractivity contribution in [2.24, 2.45) is 5.10 Å². The predicted octanol–water partition coefficient (Wildman–Crippen LogP) is 7.13. The summed E-state index contributed by atoms with van der Waals surface area (Å²) in [7, 11) is 0. The Kier molecular flexibility index (Phi) is 7.51. The summed E-state index contributed by atoms with van der Waals surface area (Å²) in [5.41, 5.74) is 0.417. The van der Waals surface area contributed by atoms with Crippen molar-refractivity contribution in [2.45, 2.75) is 38.5 Å². The van der Waals surface area contributed by atoms with Gasteiger partial charge in [-0.3, -0.25) is 0 Å². The maximum atomic E-state index is 13.3. The summed E-state index contributed by atoms with van der Waals surface area (Å²) in [5, 5.41) is 8.01. The number of carbonyl (C=O) groups excluding carboxylic acids is 2. The first-order valence-corrected chi connectivity index (χ1v) is 12.2. The molecule has 38 heavy (non-hydrogen) atoms. The first-order valence-electron chi connectivity index (χ1n) is 11.8. The zero-order chi connectivity index (χ0) is 27.7. The molecule has 0 spiro atoms. The van der Waals surface area contributed by atoms with Gasteiger partial charge in [-0.1, -0.05) is 54.1 Å². The van der Waals surface area contributed by atoms with Gasteiger partial charge in [0.2, 0.25) is 0 Å². The summed E-state index contributed by atoms with van der Waals surface area (Å²) in [4.78, 5) is 25.5. The quantitative estimate of drug-likeness (QED) is 0.348. The molecule has 1 aliphatic heterocycles. The van der Waals surface area contributed by atoms with E-state index < -0.39 is 34.2 Å². The third-order valence-corrected chi connectivity index (χ3v) is 6.41. The molecule has 2 amide bonds. The maximum absolute atomic E-state index is 13.3. The van der Waals surface area contributed by atoms with Crippen LogP contribution in [0.5, 0.6) is 0 Å². The van der Waals surface area contributed by atoms with Crippen LogP contribution in [0.2, 0.25) is 5.02 Å². The van der Waals surface area contributed by atoms with Gasteiger partial charge in [-0.05, 0) is 56.7 Å². The van der Waals surface area contributed by atoms with E-state index in [2.05, 4.69) is 10.4 Å². The average Bonchev–Trinajstić information content (AvgIpc) is 3.22. The van der Waals surface area contributed by atoms with Crippen LogP contribution in [0.1, 0.15) is 47.8 Å². The number of halogens is 4. The lowest BCUT2D eigenvalue weighted by molar-refractivity contribution is -0.137. The number of hydrogen-bond donors (Lipinski definition) is 1. The Morgan fingerprint density at radius 1 is 1.05 bits per heavy atom.